The smallest absolute Gasteiger partial charge is 0.311 e. The van der Waals surface area contributed by atoms with Crippen molar-refractivity contribution in [3.63, 3.8) is 0 Å². The van der Waals surface area contributed by atoms with E-state index in [2.05, 4.69) is 5.32 Å². The number of nitrogens with zero attached hydrogens (tertiary/aromatic N) is 1. The van der Waals surface area contributed by atoms with Gasteiger partial charge >= 0.3 is 5.69 Å². The molecule has 92 valence electrons. The molecule has 0 saturated heterocycles. The molecule has 0 bridgehead atoms. The third kappa shape index (κ3) is 3.15. The Morgan fingerprint density at radius 1 is 1.59 bits per heavy atom. The van der Waals surface area contributed by atoms with Crippen LogP contribution in [0.5, 0.6) is 5.75 Å². The van der Waals surface area contributed by atoms with E-state index in [0.717, 1.165) is 6.07 Å². The molecule has 17 heavy (non-hydrogen) atoms. The third-order valence-corrected chi connectivity index (χ3v) is 2.05. The zero-order chi connectivity index (χ0) is 12.8. The standard InChI is InChI=1S/C10H12N2O5/c1-17-6-5-11-10(14)7-3-2-4-8(9(7)13)12(15)16/h2-4,13H,5-6H2,1H3,(H,11,14). The quantitative estimate of drug-likeness (QED) is 0.447. The number of nitro benzene ring substituents is 1. The first-order chi connectivity index (χ1) is 8.07. The Labute approximate surface area is 97.2 Å². The van der Waals surface area contributed by atoms with Crippen LogP contribution in [0, 0.1) is 10.1 Å². The van der Waals surface area contributed by atoms with Gasteiger partial charge in [0.2, 0.25) is 5.75 Å². The molecule has 0 spiro atoms. The van der Waals surface area contributed by atoms with Crippen molar-refractivity contribution >= 4 is 11.6 Å². The largest absolute Gasteiger partial charge is 0.502 e. The summed E-state index contributed by atoms with van der Waals surface area (Å²) in [5.41, 5.74) is -0.625. The third-order valence-electron chi connectivity index (χ3n) is 2.05. The lowest BCUT2D eigenvalue weighted by Crippen LogP contribution is -2.27. The summed E-state index contributed by atoms with van der Waals surface area (Å²) in [6, 6.07) is 3.77. The summed E-state index contributed by atoms with van der Waals surface area (Å²) in [6.45, 7) is 0.582. The van der Waals surface area contributed by atoms with Crippen LogP contribution in [-0.4, -0.2) is 36.2 Å². The van der Waals surface area contributed by atoms with Crippen LogP contribution < -0.4 is 5.32 Å². The highest BCUT2D eigenvalue weighted by atomic mass is 16.6. The summed E-state index contributed by atoms with van der Waals surface area (Å²) in [5.74, 6) is -1.21. The minimum atomic E-state index is -0.749. The number of carbonyl (C=O) groups is 1. The highest BCUT2D eigenvalue weighted by Crippen LogP contribution is 2.28. The van der Waals surface area contributed by atoms with E-state index in [4.69, 9.17) is 4.74 Å². The Bertz CT molecular complexity index is 433. The van der Waals surface area contributed by atoms with Gasteiger partial charge in [0.15, 0.2) is 0 Å². The van der Waals surface area contributed by atoms with Crippen molar-refractivity contribution in [2.24, 2.45) is 0 Å². The Kier molecular flexibility index (Phi) is 4.41. The average molecular weight is 240 g/mol. The molecule has 1 aromatic carbocycles. The molecule has 7 nitrogen and oxygen atoms in total. The number of hydrogen-bond donors (Lipinski definition) is 2. The molecule has 0 aliphatic rings. The average Bonchev–Trinajstić information content (AvgIpc) is 2.29. The Morgan fingerprint density at radius 2 is 2.29 bits per heavy atom. The first kappa shape index (κ1) is 12.9. The Morgan fingerprint density at radius 3 is 2.88 bits per heavy atom. The maximum Gasteiger partial charge on any atom is 0.311 e. The fourth-order valence-electron chi connectivity index (χ4n) is 1.22. The minimum Gasteiger partial charge on any atom is -0.502 e. The van der Waals surface area contributed by atoms with Crippen molar-refractivity contribution in [1.29, 1.82) is 0 Å². The summed E-state index contributed by atoms with van der Waals surface area (Å²) < 4.78 is 4.73. The van der Waals surface area contributed by atoms with Gasteiger partial charge in [-0.3, -0.25) is 14.9 Å². The zero-order valence-electron chi connectivity index (χ0n) is 9.17. The number of methoxy groups -OCH3 is 1. The van der Waals surface area contributed by atoms with Gasteiger partial charge in [0.25, 0.3) is 5.91 Å². The molecule has 0 aliphatic carbocycles. The van der Waals surface area contributed by atoms with Gasteiger partial charge in [0, 0.05) is 19.7 Å². The number of phenols is 1. The molecule has 7 heteroatoms. The van der Waals surface area contributed by atoms with Crippen molar-refractivity contribution in [3.05, 3.63) is 33.9 Å². The number of benzene rings is 1. The molecule has 0 aliphatic heterocycles. The highest BCUT2D eigenvalue weighted by molar-refractivity contribution is 5.98. The van der Waals surface area contributed by atoms with E-state index >= 15 is 0 Å². The van der Waals surface area contributed by atoms with Crippen LogP contribution in [0.25, 0.3) is 0 Å². The van der Waals surface area contributed by atoms with Crippen LogP contribution >= 0.6 is 0 Å². The summed E-state index contributed by atoms with van der Waals surface area (Å²) in [5, 5.41) is 22.6. The van der Waals surface area contributed by atoms with Crippen molar-refractivity contribution < 1.29 is 19.6 Å². The Hall–Kier alpha value is -2.15. The number of phenolic OH excluding ortho intramolecular Hbond substituents is 1. The van der Waals surface area contributed by atoms with E-state index < -0.39 is 22.3 Å². The number of nitrogens with one attached hydrogen (secondary N) is 1. The fourth-order valence-corrected chi connectivity index (χ4v) is 1.22. The summed E-state index contributed by atoms with van der Waals surface area (Å²) >= 11 is 0. The van der Waals surface area contributed by atoms with Crippen LogP contribution in [-0.2, 0) is 4.74 Å². The number of carbonyl (C=O) groups excluding carboxylic acids is 1. The maximum absolute atomic E-state index is 11.6. The number of hydrogen-bond acceptors (Lipinski definition) is 5. The van der Waals surface area contributed by atoms with Crippen LogP contribution in [0.4, 0.5) is 5.69 Å². The molecular weight excluding hydrogens is 228 g/mol. The van der Waals surface area contributed by atoms with E-state index in [1.54, 1.807) is 0 Å². The first-order valence-corrected chi connectivity index (χ1v) is 4.81. The lowest BCUT2D eigenvalue weighted by Gasteiger charge is -2.06. The summed E-state index contributed by atoms with van der Waals surface area (Å²) in [4.78, 5) is 21.4. The maximum atomic E-state index is 11.6. The van der Waals surface area contributed by atoms with Gasteiger partial charge < -0.3 is 15.2 Å². The molecule has 0 atom stereocenters. The monoisotopic (exact) mass is 240 g/mol. The van der Waals surface area contributed by atoms with E-state index in [-0.39, 0.29) is 12.1 Å². The van der Waals surface area contributed by atoms with Gasteiger partial charge in [0.05, 0.1) is 17.1 Å². The van der Waals surface area contributed by atoms with Crippen LogP contribution in [0.1, 0.15) is 10.4 Å². The predicted molar refractivity (Wildman–Crippen MR) is 59.0 cm³/mol. The molecule has 2 N–H and O–H groups in total. The topological polar surface area (TPSA) is 102 Å². The minimum absolute atomic E-state index is 0.129. The second-order valence-corrected chi connectivity index (χ2v) is 3.18. The number of nitro groups is 1. The molecule has 0 unspecified atom stereocenters. The number of rotatable bonds is 5. The first-order valence-electron chi connectivity index (χ1n) is 4.81. The van der Waals surface area contributed by atoms with Crippen LogP contribution in [0.3, 0.4) is 0 Å². The van der Waals surface area contributed by atoms with Gasteiger partial charge in [-0.1, -0.05) is 6.07 Å². The fraction of sp³-hybridized carbons (Fsp3) is 0.300. The van der Waals surface area contributed by atoms with E-state index in [0.29, 0.717) is 6.61 Å². The molecule has 0 aromatic heterocycles. The molecule has 1 rings (SSSR count). The molecule has 1 amide bonds. The number of para-hydroxylation sites is 1. The summed E-state index contributed by atoms with van der Waals surface area (Å²) in [7, 11) is 1.48. The van der Waals surface area contributed by atoms with Crippen molar-refractivity contribution in [3.8, 4) is 5.75 Å². The molecule has 0 fully saturated rings. The normalized spacial score (nSPS) is 9.94. The SMILES string of the molecule is COCCNC(=O)c1cccc([N+](=O)[O-])c1O. The number of aromatic hydroxyl groups is 1. The van der Waals surface area contributed by atoms with Gasteiger partial charge in [-0.25, -0.2) is 0 Å². The van der Waals surface area contributed by atoms with E-state index in [1.807, 2.05) is 0 Å². The van der Waals surface area contributed by atoms with Gasteiger partial charge in [-0.05, 0) is 6.07 Å². The van der Waals surface area contributed by atoms with Gasteiger partial charge in [-0.15, -0.1) is 0 Å². The lowest BCUT2D eigenvalue weighted by molar-refractivity contribution is -0.385. The zero-order valence-corrected chi connectivity index (χ0v) is 9.17. The number of ether oxygens (including phenoxy) is 1. The van der Waals surface area contributed by atoms with Gasteiger partial charge in [0.1, 0.15) is 0 Å². The van der Waals surface area contributed by atoms with Crippen molar-refractivity contribution in [2.75, 3.05) is 20.3 Å². The van der Waals surface area contributed by atoms with E-state index in [9.17, 15) is 20.0 Å². The highest BCUT2D eigenvalue weighted by Gasteiger charge is 2.20. The summed E-state index contributed by atoms with van der Waals surface area (Å²) in [6.07, 6.45) is 0. The van der Waals surface area contributed by atoms with Crippen LogP contribution in [0.15, 0.2) is 18.2 Å². The lowest BCUT2D eigenvalue weighted by atomic mass is 10.1. The molecule has 0 radical (unpaired) electrons. The molecule has 0 heterocycles. The molecule has 0 saturated carbocycles. The van der Waals surface area contributed by atoms with Crippen molar-refractivity contribution in [2.45, 2.75) is 0 Å². The molecule has 1 aromatic rings. The second-order valence-electron chi connectivity index (χ2n) is 3.18. The second kappa shape index (κ2) is 5.80. The Balaban J connectivity index is 2.87. The number of amides is 1. The predicted octanol–water partition coefficient (Wildman–Crippen LogP) is 0.677. The molecular formula is C10H12N2O5. The van der Waals surface area contributed by atoms with Crippen LogP contribution in [0.2, 0.25) is 0 Å². The van der Waals surface area contributed by atoms with E-state index in [1.165, 1.54) is 19.2 Å². The van der Waals surface area contributed by atoms with Crippen molar-refractivity contribution in [1.82, 2.24) is 5.32 Å². The van der Waals surface area contributed by atoms with Gasteiger partial charge in [-0.2, -0.15) is 0 Å².